The Morgan fingerprint density at radius 3 is 2.82 bits per heavy atom. The summed E-state index contributed by atoms with van der Waals surface area (Å²) in [5.74, 6) is 0.595. The molecule has 1 amide bonds. The summed E-state index contributed by atoms with van der Waals surface area (Å²) in [5.41, 5.74) is 5.60. The standard InChI is InChI=1S/C7H16N2OS/c1-3-6(8)4-9-7(10)5-11-2/h6H,3-5,8H2,1-2H3,(H,9,10). The number of hydrogen-bond donors (Lipinski definition) is 2. The molecule has 66 valence electrons. The van der Waals surface area contributed by atoms with Gasteiger partial charge in [-0.15, -0.1) is 0 Å². The van der Waals surface area contributed by atoms with Crippen LogP contribution in [0.25, 0.3) is 0 Å². The molecule has 4 heteroatoms. The zero-order valence-electron chi connectivity index (χ0n) is 7.09. The third kappa shape index (κ3) is 6.19. The van der Waals surface area contributed by atoms with E-state index < -0.39 is 0 Å². The molecular weight excluding hydrogens is 160 g/mol. The van der Waals surface area contributed by atoms with E-state index in [2.05, 4.69) is 5.32 Å². The molecule has 3 nitrogen and oxygen atoms in total. The number of carbonyl (C=O) groups is 1. The average Bonchev–Trinajstić information content (AvgIpc) is 2.01. The fourth-order valence-corrected chi connectivity index (χ4v) is 0.936. The molecule has 11 heavy (non-hydrogen) atoms. The van der Waals surface area contributed by atoms with Gasteiger partial charge in [-0.1, -0.05) is 6.92 Å². The Bertz CT molecular complexity index is 119. The highest BCUT2D eigenvalue weighted by molar-refractivity contribution is 7.99. The molecule has 0 radical (unpaired) electrons. The third-order valence-electron chi connectivity index (χ3n) is 1.36. The van der Waals surface area contributed by atoms with Crippen LogP contribution < -0.4 is 11.1 Å². The second kappa shape index (κ2) is 6.49. The third-order valence-corrected chi connectivity index (χ3v) is 1.91. The maximum Gasteiger partial charge on any atom is 0.230 e. The summed E-state index contributed by atoms with van der Waals surface area (Å²) in [4.78, 5) is 10.9. The van der Waals surface area contributed by atoms with Gasteiger partial charge >= 0.3 is 0 Å². The van der Waals surface area contributed by atoms with Gasteiger partial charge in [-0.2, -0.15) is 11.8 Å². The fraction of sp³-hybridized carbons (Fsp3) is 0.857. The molecule has 0 spiro atoms. The average molecular weight is 176 g/mol. The van der Waals surface area contributed by atoms with E-state index in [0.29, 0.717) is 12.3 Å². The Kier molecular flexibility index (Phi) is 6.36. The van der Waals surface area contributed by atoms with E-state index in [-0.39, 0.29) is 11.9 Å². The van der Waals surface area contributed by atoms with Crippen molar-refractivity contribution in [1.82, 2.24) is 5.32 Å². The summed E-state index contributed by atoms with van der Waals surface area (Å²) in [6.45, 7) is 2.60. The van der Waals surface area contributed by atoms with Gasteiger partial charge in [-0.3, -0.25) is 4.79 Å². The molecule has 0 rings (SSSR count). The smallest absolute Gasteiger partial charge is 0.230 e. The Hall–Kier alpha value is -0.220. The Labute approximate surface area is 72.1 Å². The lowest BCUT2D eigenvalue weighted by atomic mass is 10.2. The molecule has 0 heterocycles. The van der Waals surface area contributed by atoms with Crippen LogP contribution in [0.15, 0.2) is 0 Å². The van der Waals surface area contributed by atoms with Gasteiger partial charge in [0.25, 0.3) is 0 Å². The highest BCUT2D eigenvalue weighted by Crippen LogP contribution is 1.89. The Morgan fingerprint density at radius 1 is 1.73 bits per heavy atom. The van der Waals surface area contributed by atoms with Crippen molar-refractivity contribution in [2.24, 2.45) is 5.73 Å². The zero-order chi connectivity index (χ0) is 8.69. The molecular formula is C7H16N2OS. The van der Waals surface area contributed by atoms with Gasteiger partial charge < -0.3 is 11.1 Å². The molecule has 1 atom stereocenters. The monoisotopic (exact) mass is 176 g/mol. The van der Waals surface area contributed by atoms with Crippen LogP contribution in [0.3, 0.4) is 0 Å². The molecule has 0 aliphatic rings. The number of nitrogens with two attached hydrogens (primary N) is 1. The van der Waals surface area contributed by atoms with Crippen LogP contribution in [0.4, 0.5) is 0 Å². The molecule has 0 aliphatic heterocycles. The van der Waals surface area contributed by atoms with E-state index in [1.165, 1.54) is 11.8 Å². The minimum absolute atomic E-state index is 0.0707. The predicted molar refractivity (Wildman–Crippen MR) is 49.7 cm³/mol. The van der Waals surface area contributed by atoms with Crippen LogP contribution in [-0.2, 0) is 4.79 Å². The lowest BCUT2D eigenvalue weighted by molar-refractivity contribution is -0.118. The van der Waals surface area contributed by atoms with Gasteiger partial charge in [0.05, 0.1) is 5.75 Å². The van der Waals surface area contributed by atoms with Crippen molar-refractivity contribution in [3.63, 3.8) is 0 Å². The van der Waals surface area contributed by atoms with E-state index in [9.17, 15) is 4.79 Å². The highest BCUT2D eigenvalue weighted by Gasteiger charge is 2.01. The molecule has 3 N–H and O–H groups in total. The van der Waals surface area contributed by atoms with Gasteiger partial charge in [0.2, 0.25) is 5.91 Å². The quantitative estimate of drug-likeness (QED) is 0.629. The SMILES string of the molecule is CCC(N)CNC(=O)CSC. The minimum atomic E-state index is 0.0707. The van der Waals surface area contributed by atoms with Crippen LogP contribution in [0, 0.1) is 0 Å². The van der Waals surface area contributed by atoms with Crippen LogP contribution in [0.1, 0.15) is 13.3 Å². The fourth-order valence-electron chi connectivity index (χ4n) is 0.571. The van der Waals surface area contributed by atoms with Crippen molar-refractivity contribution < 1.29 is 4.79 Å². The van der Waals surface area contributed by atoms with Gasteiger partial charge in [0.15, 0.2) is 0 Å². The lowest BCUT2D eigenvalue weighted by Gasteiger charge is -2.09. The molecule has 0 aliphatic carbocycles. The molecule has 0 saturated carbocycles. The van der Waals surface area contributed by atoms with Gasteiger partial charge in [0.1, 0.15) is 0 Å². The number of hydrogen-bond acceptors (Lipinski definition) is 3. The summed E-state index contributed by atoms with van der Waals surface area (Å²) in [7, 11) is 0. The first kappa shape index (κ1) is 10.8. The summed E-state index contributed by atoms with van der Waals surface area (Å²) in [5, 5.41) is 2.75. The van der Waals surface area contributed by atoms with Crippen molar-refractivity contribution >= 4 is 17.7 Å². The number of nitrogens with one attached hydrogen (secondary N) is 1. The van der Waals surface area contributed by atoms with E-state index in [4.69, 9.17) is 5.73 Å². The molecule has 0 bridgehead atoms. The van der Waals surface area contributed by atoms with Crippen molar-refractivity contribution in [1.29, 1.82) is 0 Å². The molecule has 0 fully saturated rings. The first-order valence-electron chi connectivity index (χ1n) is 3.72. The summed E-state index contributed by atoms with van der Waals surface area (Å²) in [6, 6.07) is 0.0980. The van der Waals surface area contributed by atoms with E-state index >= 15 is 0 Å². The number of rotatable bonds is 5. The van der Waals surface area contributed by atoms with Gasteiger partial charge in [-0.25, -0.2) is 0 Å². The number of thioether (sulfide) groups is 1. The van der Waals surface area contributed by atoms with Crippen LogP contribution in [-0.4, -0.2) is 30.5 Å². The van der Waals surface area contributed by atoms with Crippen molar-refractivity contribution in [3.05, 3.63) is 0 Å². The molecule has 0 aromatic rings. The Morgan fingerprint density at radius 2 is 2.36 bits per heavy atom. The number of amides is 1. The van der Waals surface area contributed by atoms with Crippen molar-refractivity contribution in [2.45, 2.75) is 19.4 Å². The minimum Gasteiger partial charge on any atom is -0.354 e. The molecule has 0 saturated heterocycles. The second-order valence-corrected chi connectivity index (χ2v) is 3.27. The first-order chi connectivity index (χ1) is 5.20. The van der Waals surface area contributed by atoms with Gasteiger partial charge in [-0.05, 0) is 12.7 Å². The van der Waals surface area contributed by atoms with Crippen LogP contribution >= 0.6 is 11.8 Å². The summed E-state index contributed by atoms with van der Waals surface area (Å²) in [6.07, 6.45) is 2.80. The van der Waals surface area contributed by atoms with Gasteiger partial charge in [0, 0.05) is 12.6 Å². The van der Waals surface area contributed by atoms with Crippen molar-refractivity contribution in [3.8, 4) is 0 Å². The van der Waals surface area contributed by atoms with E-state index in [1.807, 2.05) is 13.2 Å². The van der Waals surface area contributed by atoms with Crippen LogP contribution in [0.5, 0.6) is 0 Å². The topological polar surface area (TPSA) is 55.1 Å². The molecule has 0 aromatic heterocycles. The maximum absolute atomic E-state index is 10.9. The summed E-state index contributed by atoms with van der Waals surface area (Å²) < 4.78 is 0. The first-order valence-corrected chi connectivity index (χ1v) is 5.11. The maximum atomic E-state index is 10.9. The summed E-state index contributed by atoms with van der Waals surface area (Å²) >= 11 is 1.52. The van der Waals surface area contributed by atoms with E-state index in [1.54, 1.807) is 0 Å². The molecule has 0 aromatic carbocycles. The zero-order valence-corrected chi connectivity index (χ0v) is 7.91. The highest BCUT2D eigenvalue weighted by atomic mass is 32.2. The van der Waals surface area contributed by atoms with Crippen molar-refractivity contribution in [2.75, 3.05) is 18.6 Å². The normalized spacial score (nSPS) is 12.6. The van der Waals surface area contributed by atoms with E-state index in [0.717, 1.165) is 6.42 Å². The largest absolute Gasteiger partial charge is 0.354 e. The number of carbonyl (C=O) groups excluding carboxylic acids is 1. The predicted octanol–water partition coefficient (Wildman–Crippen LogP) is 0.203. The Balaban J connectivity index is 3.30. The molecule has 1 unspecified atom stereocenters. The second-order valence-electron chi connectivity index (χ2n) is 2.41. The lowest BCUT2D eigenvalue weighted by Crippen LogP contribution is -2.37. The van der Waals surface area contributed by atoms with Crippen LogP contribution in [0.2, 0.25) is 0 Å².